The van der Waals surface area contributed by atoms with Crippen LogP contribution in [-0.4, -0.2) is 25.0 Å². The summed E-state index contributed by atoms with van der Waals surface area (Å²) in [5.74, 6) is -0.0427. The quantitative estimate of drug-likeness (QED) is 0.489. The molecule has 0 saturated heterocycles. The Morgan fingerprint density at radius 1 is 1.46 bits per heavy atom. The third kappa shape index (κ3) is 6.54. The zero-order valence-corrected chi connectivity index (χ0v) is 8.38. The van der Waals surface area contributed by atoms with Crippen molar-refractivity contribution in [2.24, 2.45) is 11.5 Å². The molecule has 0 bridgehead atoms. The summed E-state index contributed by atoms with van der Waals surface area (Å²) in [7, 11) is 0. The second kappa shape index (κ2) is 8.01. The third-order valence-corrected chi connectivity index (χ3v) is 1.87. The predicted molar refractivity (Wildman–Crippen MR) is 54.2 cm³/mol. The van der Waals surface area contributed by atoms with Crippen molar-refractivity contribution in [1.29, 1.82) is 0 Å². The molecular formula is C9H21N3O. The molecule has 0 aromatic carbocycles. The molecule has 0 fully saturated rings. The molecule has 0 aliphatic rings. The molecule has 78 valence electrons. The highest BCUT2D eigenvalue weighted by molar-refractivity contribution is 5.81. The Morgan fingerprint density at radius 3 is 2.69 bits per heavy atom. The van der Waals surface area contributed by atoms with Gasteiger partial charge in [0, 0.05) is 6.54 Å². The van der Waals surface area contributed by atoms with Crippen molar-refractivity contribution in [2.45, 2.75) is 38.6 Å². The Morgan fingerprint density at radius 2 is 2.15 bits per heavy atom. The topological polar surface area (TPSA) is 81.1 Å². The molecule has 0 aromatic heterocycles. The van der Waals surface area contributed by atoms with E-state index in [1.54, 1.807) is 0 Å². The van der Waals surface area contributed by atoms with Gasteiger partial charge < -0.3 is 16.8 Å². The van der Waals surface area contributed by atoms with Crippen molar-refractivity contribution in [3.63, 3.8) is 0 Å². The molecule has 0 radical (unpaired) electrons. The number of carbonyl (C=O) groups is 1. The minimum absolute atomic E-state index is 0.0427. The lowest BCUT2D eigenvalue weighted by Crippen LogP contribution is -2.40. The monoisotopic (exact) mass is 187 g/mol. The lowest BCUT2D eigenvalue weighted by atomic mass is 10.1. The lowest BCUT2D eigenvalue weighted by Gasteiger charge is -2.10. The van der Waals surface area contributed by atoms with Gasteiger partial charge in [0.1, 0.15) is 0 Å². The highest BCUT2D eigenvalue weighted by Gasteiger charge is 2.10. The van der Waals surface area contributed by atoms with Gasteiger partial charge >= 0.3 is 0 Å². The number of nitrogens with two attached hydrogens (primary N) is 2. The van der Waals surface area contributed by atoms with Crippen LogP contribution in [-0.2, 0) is 4.79 Å². The van der Waals surface area contributed by atoms with E-state index in [0.29, 0.717) is 13.1 Å². The number of hydrogen-bond donors (Lipinski definition) is 3. The average Bonchev–Trinajstić information content (AvgIpc) is 2.12. The van der Waals surface area contributed by atoms with Crippen LogP contribution in [0.4, 0.5) is 0 Å². The fraction of sp³-hybridized carbons (Fsp3) is 0.889. The van der Waals surface area contributed by atoms with E-state index in [4.69, 9.17) is 11.5 Å². The van der Waals surface area contributed by atoms with Gasteiger partial charge in [-0.15, -0.1) is 0 Å². The van der Waals surface area contributed by atoms with Crippen molar-refractivity contribution in [1.82, 2.24) is 5.32 Å². The first kappa shape index (κ1) is 12.4. The van der Waals surface area contributed by atoms with Crippen molar-refractivity contribution >= 4 is 5.91 Å². The van der Waals surface area contributed by atoms with Gasteiger partial charge in [0.25, 0.3) is 0 Å². The SMILES string of the molecule is CCCC(N)C(=O)NCCCCN. The summed E-state index contributed by atoms with van der Waals surface area (Å²) in [4.78, 5) is 11.2. The molecule has 1 amide bonds. The van der Waals surface area contributed by atoms with Gasteiger partial charge in [-0.25, -0.2) is 0 Å². The normalized spacial score (nSPS) is 12.5. The maximum atomic E-state index is 11.2. The van der Waals surface area contributed by atoms with Gasteiger partial charge in [0.2, 0.25) is 5.91 Å². The molecule has 0 spiro atoms. The molecule has 1 unspecified atom stereocenters. The molecule has 0 saturated carbocycles. The fourth-order valence-electron chi connectivity index (χ4n) is 1.05. The van der Waals surface area contributed by atoms with Crippen molar-refractivity contribution in [3.8, 4) is 0 Å². The highest BCUT2D eigenvalue weighted by Crippen LogP contribution is 1.93. The molecular weight excluding hydrogens is 166 g/mol. The second-order valence-corrected chi connectivity index (χ2v) is 3.18. The Bertz CT molecular complexity index is 139. The standard InChI is InChI=1S/C9H21N3O/c1-2-5-8(11)9(13)12-7-4-3-6-10/h8H,2-7,10-11H2,1H3,(H,12,13). The molecule has 4 nitrogen and oxygen atoms in total. The summed E-state index contributed by atoms with van der Waals surface area (Å²) < 4.78 is 0. The van der Waals surface area contributed by atoms with Crippen LogP contribution < -0.4 is 16.8 Å². The van der Waals surface area contributed by atoms with E-state index in [1.807, 2.05) is 6.92 Å². The van der Waals surface area contributed by atoms with E-state index < -0.39 is 0 Å². The van der Waals surface area contributed by atoms with Crippen LogP contribution in [0.15, 0.2) is 0 Å². The first-order chi connectivity index (χ1) is 6.22. The summed E-state index contributed by atoms with van der Waals surface area (Å²) in [5.41, 5.74) is 10.9. The summed E-state index contributed by atoms with van der Waals surface area (Å²) in [6.07, 6.45) is 3.57. The molecule has 0 heterocycles. The maximum Gasteiger partial charge on any atom is 0.236 e. The first-order valence-corrected chi connectivity index (χ1v) is 4.95. The van der Waals surface area contributed by atoms with Crippen molar-refractivity contribution in [3.05, 3.63) is 0 Å². The number of rotatable bonds is 7. The Kier molecular flexibility index (Phi) is 7.63. The van der Waals surface area contributed by atoms with Crippen LogP contribution in [0.5, 0.6) is 0 Å². The summed E-state index contributed by atoms with van der Waals surface area (Å²) in [6, 6.07) is -0.345. The van der Waals surface area contributed by atoms with Gasteiger partial charge in [-0.05, 0) is 25.8 Å². The molecule has 0 aromatic rings. The Balaban J connectivity index is 3.38. The second-order valence-electron chi connectivity index (χ2n) is 3.18. The largest absolute Gasteiger partial charge is 0.355 e. The maximum absolute atomic E-state index is 11.2. The molecule has 13 heavy (non-hydrogen) atoms. The smallest absolute Gasteiger partial charge is 0.236 e. The van der Waals surface area contributed by atoms with Gasteiger partial charge in [-0.2, -0.15) is 0 Å². The molecule has 1 atom stereocenters. The van der Waals surface area contributed by atoms with E-state index in [-0.39, 0.29) is 11.9 Å². The number of nitrogens with one attached hydrogen (secondary N) is 1. The van der Waals surface area contributed by atoms with Crippen LogP contribution in [0.2, 0.25) is 0 Å². The zero-order valence-electron chi connectivity index (χ0n) is 8.38. The highest BCUT2D eigenvalue weighted by atomic mass is 16.2. The van der Waals surface area contributed by atoms with Gasteiger partial charge in [0.05, 0.1) is 6.04 Å². The molecule has 0 aliphatic heterocycles. The number of amides is 1. The molecule has 4 heteroatoms. The molecule has 0 rings (SSSR count). The van der Waals surface area contributed by atoms with E-state index in [9.17, 15) is 4.79 Å². The van der Waals surface area contributed by atoms with Crippen LogP contribution in [0.3, 0.4) is 0 Å². The summed E-state index contributed by atoms with van der Waals surface area (Å²) in [5, 5.41) is 2.78. The molecule has 0 aliphatic carbocycles. The Labute approximate surface area is 80.0 Å². The summed E-state index contributed by atoms with van der Waals surface area (Å²) in [6.45, 7) is 3.38. The van der Waals surface area contributed by atoms with Gasteiger partial charge in [-0.1, -0.05) is 13.3 Å². The lowest BCUT2D eigenvalue weighted by molar-refractivity contribution is -0.122. The van der Waals surface area contributed by atoms with Crippen LogP contribution in [0.1, 0.15) is 32.6 Å². The van der Waals surface area contributed by atoms with E-state index >= 15 is 0 Å². The van der Waals surface area contributed by atoms with Crippen LogP contribution in [0.25, 0.3) is 0 Å². The summed E-state index contributed by atoms with van der Waals surface area (Å²) >= 11 is 0. The minimum Gasteiger partial charge on any atom is -0.355 e. The Hall–Kier alpha value is -0.610. The minimum atomic E-state index is -0.345. The van der Waals surface area contributed by atoms with E-state index in [1.165, 1.54) is 0 Å². The average molecular weight is 187 g/mol. The van der Waals surface area contributed by atoms with E-state index in [0.717, 1.165) is 25.7 Å². The van der Waals surface area contributed by atoms with Gasteiger partial charge in [-0.3, -0.25) is 4.79 Å². The van der Waals surface area contributed by atoms with E-state index in [2.05, 4.69) is 5.32 Å². The van der Waals surface area contributed by atoms with Crippen molar-refractivity contribution < 1.29 is 4.79 Å². The number of unbranched alkanes of at least 4 members (excludes halogenated alkanes) is 1. The number of hydrogen-bond acceptors (Lipinski definition) is 3. The molecule has 5 N–H and O–H groups in total. The third-order valence-electron chi connectivity index (χ3n) is 1.87. The number of carbonyl (C=O) groups excluding carboxylic acids is 1. The fourth-order valence-corrected chi connectivity index (χ4v) is 1.05. The van der Waals surface area contributed by atoms with Crippen molar-refractivity contribution in [2.75, 3.05) is 13.1 Å². The van der Waals surface area contributed by atoms with Crippen LogP contribution >= 0.6 is 0 Å². The predicted octanol–water partition coefficient (Wildman–Crippen LogP) is -0.0311. The zero-order chi connectivity index (χ0) is 10.1. The van der Waals surface area contributed by atoms with Crippen LogP contribution in [0, 0.1) is 0 Å². The van der Waals surface area contributed by atoms with Gasteiger partial charge in [0.15, 0.2) is 0 Å². The first-order valence-electron chi connectivity index (χ1n) is 4.95.